The summed E-state index contributed by atoms with van der Waals surface area (Å²) < 4.78 is 69.2. The number of nitrogens with zero attached hydrogens (tertiary/aromatic N) is 2. The van der Waals surface area contributed by atoms with E-state index in [1.807, 2.05) is 0 Å². The fourth-order valence-corrected chi connectivity index (χ4v) is 3.58. The number of carbonyl (C=O) groups excluding carboxylic acids is 1. The molecule has 0 aliphatic heterocycles. The average Bonchev–Trinajstić information content (AvgIpc) is 2.70. The molecule has 12 heteroatoms. The number of carbonyl (C=O) groups is 1. The van der Waals surface area contributed by atoms with E-state index in [1.165, 1.54) is 6.21 Å². The van der Waals surface area contributed by atoms with E-state index >= 15 is 0 Å². The first-order chi connectivity index (χ1) is 14.9. The van der Waals surface area contributed by atoms with Crippen LogP contribution in [-0.2, 0) is 21.0 Å². The van der Waals surface area contributed by atoms with Crippen LogP contribution in [0.5, 0.6) is 5.75 Å². The van der Waals surface area contributed by atoms with E-state index in [0.29, 0.717) is 34.4 Å². The fraction of sp³-hybridized carbons (Fsp3) is 0.200. The lowest BCUT2D eigenvalue weighted by atomic mass is 10.2. The van der Waals surface area contributed by atoms with Crippen molar-refractivity contribution in [2.75, 3.05) is 23.7 Å². The summed E-state index contributed by atoms with van der Waals surface area (Å²) in [6, 6.07) is 8.92. The molecule has 0 aliphatic carbocycles. The van der Waals surface area contributed by atoms with Crippen LogP contribution in [0.15, 0.2) is 60.2 Å². The Kier molecular flexibility index (Phi) is 8.28. The Morgan fingerprint density at radius 1 is 1.28 bits per heavy atom. The van der Waals surface area contributed by atoms with Crippen LogP contribution in [0, 0.1) is 0 Å². The summed E-state index contributed by atoms with van der Waals surface area (Å²) in [5.41, 5.74) is 1.12. The van der Waals surface area contributed by atoms with Gasteiger partial charge < -0.3 is 4.74 Å². The molecule has 2 aromatic carbocycles. The lowest BCUT2D eigenvalue weighted by Crippen LogP contribution is -2.39. The van der Waals surface area contributed by atoms with Gasteiger partial charge in [0.15, 0.2) is 0 Å². The SMILES string of the molecule is C=CCOc1cccc(/C=N\NC(=O)CN(c2cc(C(F)(F)F)ccc2Cl)S(C)(=O)=O)c1. The number of benzene rings is 2. The third-order valence-electron chi connectivity index (χ3n) is 3.86. The molecule has 7 nitrogen and oxygen atoms in total. The molecule has 0 bridgehead atoms. The maximum atomic E-state index is 13.0. The first-order valence-electron chi connectivity index (χ1n) is 8.92. The van der Waals surface area contributed by atoms with Gasteiger partial charge in [-0.1, -0.05) is 36.4 Å². The van der Waals surface area contributed by atoms with Crippen LogP contribution < -0.4 is 14.5 Å². The molecule has 2 rings (SSSR count). The van der Waals surface area contributed by atoms with E-state index in [-0.39, 0.29) is 5.02 Å². The van der Waals surface area contributed by atoms with Gasteiger partial charge in [-0.2, -0.15) is 18.3 Å². The third kappa shape index (κ3) is 7.27. The minimum absolute atomic E-state index is 0.268. The van der Waals surface area contributed by atoms with Gasteiger partial charge in [0.05, 0.1) is 28.7 Å². The van der Waals surface area contributed by atoms with Gasteiger partial charge in [-0.25, -0.2) is 13.8 Å². The maximum Gasteiger partial charge on any atom is 0.416 e. The molecule has 1 amide bonds. The number of alkyl halides is 3. The van der Waals surface area contributed by atoms with Crippen LogP contribution in [0.4, 0.5) is 18.9 Å². The Balaban J connectivity index is 2.17. The molecule has 0 saturated carbocycles. The van der Waals surface area contributed by atoms with Crippen LogP contribution in [-0.4, -0.2) is 39.9 Å². The Bertz CT molecular complexity index is 1120. The molecule has 172 valence electrons. The maximum absolute atomic E-state index is 13.0. The van der Waals surface area contributed by atoms with Crippen LogP contribution in [0.3, 0.4) is 0 Å². The molecule has 32 heavy (non-hydrogen) atoms. The van der Waals surface area contributed by atoms with E-state index in [2.05, 4.69) is 17.1 Å². The van der Waals surface area contributed by atoms with Gasteiger partial charge in [0.2, 0.25) is 10.0 Å². The predicted octanol–water partition coefficient (Wildman–Crippen LogP) is 3.84. The highest BCUT2D eigenvalue weighted by Gasteiger charge is 2.33. The Morgan fingerprint density at radius 2 is 2.00 bits per heavy atom. The van der Waals surface area contributed by atoms with E-state index in [1.54, 1.807) is 30.3 Å². The summed E-state index contributed by atoms with van der Waals surface area (Å²) in [5, 5.41) is 3.47. The van der Waals surface area contributed by atoms with Gasteiger partial charge >= 0.3 is 6.18 Å². The second kappa shape index (κ2) is 10.5. The number of ether oxygens (including phenoxy) is 1. The number of amides is 1. The van der Waals surface area contributed by atoms with Crippen molar-refractivity contribution in [3.05, 3.63) is 71.3 Å². The molecule has 0 atom stereocenters. The second-order valence-electron chi connectivity index (χ2n) is 6.40. The largest absolute Gasteiger partial charge is 0.490 e. The summed E-state index contributed by atoms with van der Waals surface area (Å²) >= 11 is 5.91. The lowest BCUT2D eigenvalue weighted by Gasteiger charge is -2.23. The highest BCUT2D eigenvalue weighted by atomic mass is 35.5. The number of rotatable bonds is 9. The summed E-state index contributed by atoms with van der Waals surface area (Å²) in [6.07, 6.45) is -1.11. The molecule has 0 fully saturated rings. The van der Waals surface area contributed by atoms with E-state index in [4.69, 9.17) is 16.3 Å². The summed E-state index contributed by atoms with van der Waals surface area (Å²) in [5.74, 6) is -0.346. The lowest BCUT2D eigenvalue weighted by molar-refractivity contribution is -0.137. The highest BCUT2D eigenvalue weighted by molar-refractivity contribution is 7.92. The molecule has 0 aliphatic rings. The molecule has 2 aromatic rings. The van der Waals surface area contributed by atoms with Crippen molar-refractivity contribution in [3.63, 3.8) is 0 Å². The number of halogens is 4. The molecule has 0 radical (unpaired) electrons. The molecule has 0 unspecified atom stereocenters. The zero-order valence-corrected chi connectivity index (χ0v) is 18.3. The predicted molar refractivity (Wildman–Crippen MR) is 117 cm³/mol. The van der Waals surface area contributed by atoms with Gasteiger partial charge in [-0.3, -0.25) is 9.10 Å². The Hall–Kier alpha value is -3.05. The molecular formula is C20H19ClF3N3O4S. The van der Waals surface area contributed by atoms with E-state index < -0.39 is 39.9 Å². The van der Waals surface area contributed by atoms with Crippen molar-refractivity contribution in [1.29, 1.82) is 0 Å². The topological polar surface area (TPSA) is 88.1 Å². The van der Waals surface area contributed by atoms with Crippen molar-refractivity contribution >= 4 is 39.4 Å². The van der Waals surface area contributed by atoms with Crippen LogP contribution in [0.2, 0.25) is 5.02 Å². The first kappa shape index (κ1) is 25.2. The van der Waals surface area contributed by atoms with Crippen LogP contribution in [0.25, 0.3) is 0 Å². The van der Waals surface area contributed by atoms with Crippen molar-refractivity contribution < 1.29 is 31.1 Å². The fourth-order valence-electron chi connectivity index (χ4n) is 2.45. The van der Waals surface area contributed by atoms with Gasteiger partial charge in [0.25, 0.3) is 5.91 Å². The van der Waals surface area contributed by atoms with Gasteiger partial charge in [-0.05, 0) is 35.9 Å². The average molecular weight is 490 g/mol. The molecule has 0 spiro atoms. The Labute approximate surface area is 188 Å². The molecule has 0 heterocycles. The van der Waals surface area contributed by atoms with Gasteiger partial charge in [0.1, 0.15) is 18.9 Å². The Morgan fingerprint density at radius 3 is 2.62 bits per heavy atom. The van der Waals surface area contributed by atoms with Crippen molar-refractivity contribution in [2.45, 2.75) is 6.18 Å². The van der Waals surface area contributed by atoms with E-state index in [0.717, 1.165) is 12.3 Å². The molecule has 0 saturated heterocycles. The number of sulfonamides is 1. The third-order valence-corrected chi connectivity index (χ3v) is 5.30. The summed E-state index contributed by atoms with van der Waals surface area (Å²) in [6.45, 7) is 3.01. The zero-order chi connectivity index (χ0) is 23.9. The van der Waals surface area contributed by atoms with E-state index in [9.17, 15) is 26.4 Å². The monoisotopic (exact) mass is 489 g/mol. The minimum atomic E-state index is -4.72. The number of hydrogen-bond donors (Lipinski definition) is 1. The molecular weight excluding hydrogens is 471 g/mol. The second-order valence-corrected chi connectivity index (χ2v) is 8.71. The van der Waals surface area contributed by atoms with Crippen molar-refractivity contribution in [3.8, 4) is 5.75 Å². The van der Waals surface area contributed by atoms with Crippen LogP contribution in [0.1, 0.15) is 11.1 Å². The summed E-state index contributed by atoms with van der Waals surface area (Å²) in [4.78, 5) is 12.2. The molecule has 0 aromatic heterocycles. The number of hydrazone groups is 1. The number of hydrogen-bond acceptors (Lipinski definition) is 5. The standard InChI is InChI=1S/C20H19ClF3N3O4S/c1-3-9-31-16-6-4-5-14(10-16)12-25-26-19(28)13-27(32(2,29)30)18-11-15(20(22,23)24)7-8-17(18)21/h3-8,10-12H,1,9,13H2,2H3,(H,26,28)/b25-12-. The van der Waals surface area contributed by atoms with Gasteiger partial charge in [-0.15, -0.1) is 0 Å². The normalized spacial score (nSPS) is 11.9. The smallest absolute Gasteiger partial charge is 0.416 e. The first-order valence-corrected chi connectivity index (χ1v) is 11.1. The van der Waals surface area contributed by atoms with Crippen LogP contribution >= 0.6 is 11.6 Å². The summed E-state index contributed by atoms with van der Waals surface area (Å²) in [7, 11) is -4.15. The van der Waals surface area contributed by atoms with Crippen molar-refractivity contribution in [1.82, 2.24) is 5.43 Å². The molecule has 1 N–H and O–H groups in total. The minimum Gasteiger partial charge on any atom is -0.490 e. The number of anilines is 1. The quantitative estimate of drug-likeness (QED) is 0.329. The van der Waals surface area contributed by atoms with Gasteiger partial charge in [0, 0.05) is 0 Å². The number of nitrogens with one attached hydrogen (secondary N) is 1. The zero-order valence-electron chi connectivity index (χ0n) is 16.8. The highest BCUT2D eigenvalue weighted by Crippen LogP contribution is 2.36. The van der Waals surface area contributed by atoms with Crippen molar-refractivity contribution in [2.24, 2.45) is 5.10 Å².